The van der Waals surface area contributed by atoms with Gasteiger partial charge >= 0.3 is 6.18 Å². The molecule has 0 atom stereocenters. The van der Waals surface area contributed by atoms with E-state index in [1.165, 1.54) is 12.1 Å². The minimum absolute atomic E-state index is 0.0312. The van der Waals surface area contributed by atoms with Crippen molar-refractivity contribution >= 4 is 43.5 Å². The van der Waals surface area contributed by atoms with Gasteiger partial charge in [-0.15, -0.1) is 0 Å². The van der Waals surface area contributed by atoms with E-state index in [1.54, 1.807) is 0 Å². The van der Waals surface area contributed by atoms with E-state index in [0.717, 1.165) is 0 Å². The van der Waals surface area contributed by atoms with Gasteiger partial charge in [-0.1, -0.05) is 27.5 Å². The Balaban J connectivity index is 3.43. The van der Waals surface area contributed by atoms with Gasteiger partial charge in [-0.2, -0.15) is 13.2 Å². The molecule has 0 nitrogen and oxygen atoms in total. The van der Waals surface area contributed by atoms with E-state index in [4.69, 9.17) is 11.6 Å². The van der Waals surface area contributed by atoms with E-state index in [9.17, 15) is 13.2 Å². The summed E-state index contributed by atoms with van der Waals surface area (Å²) in [6.45, 7) is 0. The van der Waals surface area contributed by atoms with Gasteiger partial charge in [0.05, 0.1) is 10.6 Å². The van der Waals surface area contributed by atoms with Crippen LogP contribution in [-0.4, -0.2) is 0 Å². The maximum atomic E-state index is 12.4. The topological polar surface area (TPSA) is 0 Å². The van der Waals surface area contributed by atoms with E-state index in [2.05, 4.69) is 31.9 Å². The maximum Gasteiger partial charge on any atom is 0.418 e. The molecule has 6 heteroatoms. The average Bonchev–Trinajstić information content (AvgIpc) is 1.95. The van der Waals surface area contributed by atoms with Crippen LogP contribution in [0.1, 0.15) is 5.56 Å². The molecule has 0 bridgehead atoms. The Kier molecular flexibility index (Phi) is 3.30. The third kappa shape index (κ3) is 2.39. The molecule has 0 aromatic heterocycles. The highest BCUT2D eigenvalue weighted by molar-refractivity contribution is 9.11. The van der Waals surface area contributed by atoms with Crippen molar-refractivity contribution in [3.05, 3.63) is 31.7 Å². The van der Waals surface area contributed by atoms with Crippen LogP contribution >= 0.6 is 43.5 Å². The highest BCUT2D eigenvalue weighted by Gasteiger charge is 2.36. The Morgan fingerprint density at radius 3 is 2.08 bits per heavy atom. The van der Waals surface area contributed by atoms with E-state index in [0.29, 0.717) is 0 Å². The SMILES string of the molecule is FC(F)(F)c1c(Br)ccc(Cl)c1Br. The number of alkyl halides is 3. The molecule has 0 aliphatic heterocycles. The largest absolute Gasteiger partial charge is 0.418 e. The number of rotatable bonds is 0. The summed E-state index contributed by atoms with van der Waals surface area (Å²) in [7, 11) is 0. The monoisotopic (exact) mass is 336 g/mol. The third-order valence-electron chi connectivity index (χ3n) is 1.33. The van der Waals surface area contributed by atoms with Gasteiger partial charge in [0.25, 0.3) is 0 Å². The molecule has 0 N–H and O–H groups in total. The lowest BCUT2D eigenvalue weighted by Crippen LogP contribution is -2.07. The normalized spacial score (nSPS) is 11.8. The van der Waals surface area contributed by atoms with Gasteiger partial charge in [0.2, 0.25) is 0 Å². The molecule has 72 valence electrons. The fourth-order valence-electron chi connectivity index (χ4n) is 0.787. The van der Waals surface area contributed by atoms with Crippen LogP contribution in [0.3, 0.4) is 0 Å². The Morgan fingerprint density at radius 1 is 1.15 bits per heavy atom. The lowest BCUT2D eigenvalue weighted by atomic mass is 10.2. The van der Waals surface area contributed by atoms with Crippen LogP contribution in [0, 0.1) is 0 Å². The zero-order valence-electron chi connectivity index (χ0n) is 5.92. The smallest absolute Gasteiger partial charge is 0.166 e. The van der Waals surface area contributed by atoms with Gasteiger partial charge in [-0.05, 0) is 28.1 Å². The van der Waals surface area contributed by atoms with Crippen LogP contribution in [0.5, 0.6) is 0 Å². The molecule has 0 saturated heterocycles. The summed E-state index contributed by atoms with van der Waals surface area (Å²) in [5.74, 6) is 0. The molecule has 0 radical (unpaired) electrons. The molecule has 1 aromatic rings. The quantitative estimate of drug-likeness (QED) is 0.591. The molecular weight excluding hydrogens is 336 g/mol. The summed E-state index contributed by atoms with van der Waals surface area (Å²) in [5.41, 5.74) is -0.792. The lowest BCUT2D eigenvalue weighted by Gasteiger charge is -2.11. The lowest BCUT2D eigenvalue weighted by molar-refractivity contribution is -0.138. The molecule has 0 aliphatic rings. The van der Waals surface area contributed by atoms with Crippen molar-refractivity contribution in [2.45, 2.75) is 6.18 Å². The zero-order chi connectivity index (χ0) is 10.2. The number of halogens is 6. The Morgan fingerprint density at radius 2 is 1.69 bits per heavy atom. The Bertz CT molecular complexity index is 335. The van der Waals surface area contributed by atoms with Crippen molar-refractivity contribution in [2.75, 3.05) is 0 Å². The first-order valence-electron chi connectivity index (χ1n) is 3.04. The molecular formula is C7H2Br2ClF3. The number of hydrogen-bond donors (Lipinski definition) is 0. The van der Waals surface area contributed by atoms with E-state index in [-0.39, 0.29) is 14.0 Å². The highest BCUT2D eigenvalue weighted by atomic mass is 79.9. The second-order valence-corrected chi connectivity index (χ2v) is 4.27. The molecule has 0 heterocycles. The summed E-state index contributed by atoms with van der Waals surface area (Å²) < 4.78 is 36.9. The van der Waals surface area contributed by atoms with Crippen molar-refractivity contribution in [1.82, 2.24) is 0 Å². The van der Waals surface area contributed by atoms with Crippen molar-refractivity contribution in [3.63, 3.8) is 0 Å². The number of hydrogen-bond acceptors (Lipinski definition) is 0. The van der Waals surface area contributed by atoms with Crippen LogP contribution in [0.25, 0.3) is 0 Å². The van der Waals surface area contributed by atoms with Crippen LogP contribution in [0.4, 0.5) is 13.2 Å². The fourth-order valence-corrected chi connectivity index (χ4v) is 2.34. The van der Waals surface area contributed by atoms with Crippen molar-refractivity contribution in [1.29, 1.82) is 0 Å². The minimum Gasteiger partial charge on any atom is -0.166 e. The third-order valence-corrected chi connectivity index (χ3v) is 3.36. The first kappa shape index (κ1) is 11.3. The second kappa shape index (κ2) is 3.79. The minimum atomic E-state index is -4.41. The molecule has 0 saturated carbocycles. The summed E-state index contributed by atoms with van der Waals surface area (Å²) in [6, 6.07) is 2.64. The summed E-state index contributed by atoms with van der Waals surface area (Å²) in [6.07, 6.45) is -4.41. The van der Waals surface area contributed by atoms with E-state index < -0.39 is 11.7 Å². The summed E-state index contributed by atoms with van der Waals surface area (Å²) >= 11 is 11.1. The molecule has 1 aromatic carbocycles. The highest BCUT2D eigenvalue weighted by Crippen LogP contribution is 2.42. The van der Waals surface area contributed by atoms with Gasteiger partial charge in [-0.25, -0.2) is 0 Å². The maximum absolute atomic E-state index is 12.4. The first-order chi connectivity index (χ1) is 5.84. The predicted octanol–water partition coefficient (Wildman–Crippen LogP) is 4.88. The Labute approximate surface area is 94.3 Å². The Hall–Kier alpha value is 0.260. The first-order valence-corrected chi connectivity index (χ1v) is 5.01. The molecule has 1 rings (SSSR count). The second-order valence-electron chi connectivity index (χ2n) is 2.22. The predicted molar refractivity (Wildman–Crippen MR) is 51.9 cm³/mol. The van der Waals surface area contributed by atoms with Gasteiger partial charge in [-0.3, -0.25) is 0 Å². The molecule has 0 fully saturated rings. The number of benzene rings is 1. The van der Waals surface area contributed by atoms with Gasteiger partial charge in [0.1, 0.15) is 0 Å². The average molecular weight is 338 g/mol. The van der Waals surface area contributed by atoms with Crippen LogP contribution in [-0.2, 0) is 6.18 Å². The van der Waals surface area contributed by atoms with Gasteiger partial charge < -0.3 is 0 Å². The standard InChI is InChI=1S/C7H2Br2ClF3/c8-3-1-2-4(10)6(9)5(3)7(11,12)13/h1-2H. The van der Waals surface area contributed by atoms with E-state index >= 15 is 0 Å². The molecule has 13 heavy (non-hydrogen) atoms. The summed E-state index contributed by atoms with van der Waals surface area (Å²) in [5, 5.41) is 0.0375. The van der Waals surface area contributed by atoms with Crippen molar-refractivity contribution < 1.29 is 13.2 Å². The van der Waals surface area contributed by atoms with Gasteiger partial charge in [0.15, 0.2) is 0 Å². The van der Waals surface area contributed by atoms with Crippen LogP contribution in [0.15, 0.2) is 21.1 Å². The van der Waals surface area contributed by atoms with Crippen LogP contribution < -0.4 is 0 Å². The van der Waals surface area contributed by atoms with Gasteiger partial charge in [0, 0.05) is 8.95 Å². The summed E-state index contributed by atoms with van der Waals surface area (Å²) in [4.78, 5) is 0. The van der Waals surface area contributed by atoms with Crippen molar-refractivity contribution in [2.24, 2.45) is 0 Å². The molecule has 0 aliphatic carbocycles. The molecule has 0 amide bonds. The van der Waals surface area contributed by atoms with E-state index in [1.807, 2.05) is 0 Å². The zero-order valence-corrected chi connectivity index (χ0v) is 9.85. The van der Waals surface area contributed by atoms with Crippen molar-refractivity contribution in [3.8, 4) is 0 Å². The molecule has 0 unspecified atom stereocenters. The van der Waals surface area contributed by atoms with Crippen LogP contribution in [0.2, 0.25) is 5.02 Å². The fraction of sp³-hybridized carbons (Fsp3) is 0.143. The molecule has 0 spiro atoms.